The molecule has 0 radical (unpaired) electrons. The predicted octanol–water partition coefficient (Wildman–Crippen LogP) is 3.36. The van der Waals surface area contributed by atoms with Crippen molar-refractivity contribution in [1.29, 1.82) is 0 Å². The third kappa shape index (κ3) is 3.31. The molecule has 1 aliphatic heterocycles. The Labute approximate surface area is 162 Å². The number of halogens is 1. The number of aromatic nitrogens is 2. The summed E-state index contributed by atoms with van der Waals surface area (Å²) in [5, 5.41) is 4.21. The summed E-state index contributed by atoms with van der Waals surface area (Å²) >= 11 is 0. The van der Waals surface area contributed by atoms with Crippen molar-refractivity contribution in [3.63, 3.8) is 0 Å². The van der Waals surface area contributed by atoms with Gasteiger partial charge in [0.25, 0.3) is 5.91 Å². The van der Waals surface area contributed by atoms with Gasteiger partial charge in [0.2, 0.25) is 0 Å². The number of hydrogen-bond donors (Lipinski definition) is 0. The Morgan fingerprint density at radius 1 is 1.18 bits per heavy atom. The fourth-order valence-electron chi connectivity index (χ4n) is 3.22. The molecule has 144 valence electrons. The second-order valence-electron chi connectivity index (χ2n) is 6.65. The monoisotopic (exact) mass is 381 g/mol. The van der Waals surface area contributed by atoms with Crippen LogP contribution in [0.5, 0.6) is 11.5 Å². The summed E-state index contributed by atoms with van der Waals surface area (Å²) in [5.74, 6) is 0.825. The molecule has 6 nitrogen and oxygen atoms in total. The highest BCUT2D eigenvalue weighted by atomic mass is 19.1. The zero-order valence-electron chi connectivity index (χ0n) is 15.7. The van der Waals surface area contributed by atoms with Crippen molar-refractivity contribution in [1.82, 2.24) is 14.7 Å². The quantitative estimate of drug-likeness (QED) is 0.695. The van der Waals surface area contributed by atoms with Crippen molar-refractivity contribution in [2.45, 2.75) is 13.5 Å². The lowest BCUT2D eigenvalue weighted by Crippen LogP contribution is -2.26. The zero-order chi connectivity index (χ0) is 19.7. The van der Waals surface area contributed by atoms with Crippen LogP contribution in [0.15, 0.2) is 48.7 Å². The lowest BCUT2D eigenvalue weighted by molar-refractivity contribution is 0.0784. The van der Waals surface area contributed by atoms with Crippen molar-refractivity contribution in [3.8, 4) is 17.2 Å². The summed E-state index contributed by atoms with van der Waals surface area (Å²) in [6.45, 7) is 3.21. The van der Waals surface area contributed by atoms with Crippen LogP contribution in [0.1, 0.15) is 21.6 Å². The van der Waals surface area contributed by atoms with Gasteiger partial charge in [0, 0.05) is 13.6 Å². The van der Waals surface area contributed by atoms with Crippen LogP contribution in [0, 0.1) is 12.7 Å². The summed E-state index contributed by atoms with van der Waals surface area (Å²) < 4.78 is 26.6. The predicted molar refractivity (Wildman–Crippen MR) is 101 cm³/mol. The zero-order valence-corrected chi connectivity index (χ0v) is 15.7. The van der Waals surface area contributed by atoms with Gasteiger partial charge >= 0.3 is 0 Å². The van der Waals surface area contributed by atoms with E-state index in [9.17, 15) is 9.18 Å². The number of rotatable bonds is 4. The minimum Gasteiger partial charge on any atom is -0.486 e. The molecular weight excluding hydrogens is 361 g/mol. The third-order valence-electron chi connectivity index (χ3n) is 4.69. The van der Waals surface area contributed by atoms with E-state index in [1.165, 1.54) is 16.9 Å². The molecule has 0 spiro atoms. The second kappa shape index (κ2) is 7.34. The Kier molecular flexibility index (Phi) is 4.73. The lowest BCUT2D eigenvalue weighted by atomic mass is 10.1. The number of fused-ring (bicyclic) bond motifs is 1. The van der Waals surface area contributed by atoms with Crippen molar-refractivity contribution in [2.75, 3.05) is 20.3 Å². The molecule has 2 aromatic carbocycles. The molecular formula is C21H20FN3O3. The van der Waals surface area contributed by atoms with Crippen molar-refractivity contribution < 1.29 is 18.7 Å². The first kappa shape index (κ1) is 18.0. The summed E-state index contributed by atoms with van der Waals surface area (Å²) in [4.78, 5) is 14.5. The fraction of sp³-hybridized carbons (Fsp3) is 0.238. The van der Waals surface area contributed by atoms with E-state index in [0.29, 0.717) is 48.2 Å². The number of para-hydroxylation sites is 1. The number of hydrogen-bond acceptors (Lipinski definition) is 4. The summed E-state index contributed by atoms with van der Waals surface area (Å²) in [6.07, 6.45) is 1.48. The topological polar surface area (TPSA) is 56.6 Å². The van der Waals surface area contributed by atoms with E-state index in [1.54, 1.807) is 37.1 Å². The number of amides is 1. The summed E-state index contributed by atoms with van der Waals surface area (Å²) in [6, 6.07) is 12.0. The molecule has 1 aromatic heterocycles. The van der Waals surface area contributed by atoms with E-state index in [1.807, 2.05) is 18.2 Å². The van der Waals surface area contributed by atoms with Crippen LogP contribution in [0.2, 0.25) is 0 Å². The minimum absolute atomic E-state index is 0.185. The van der Waals surface area contributed by atoms with Crippen LogP contribution in [-0.4, -0.2) is 40.8 Å². The van der Waals surface area contributed by atoms with E-state index >= 15 is 0 Å². The van der Waals surface area contributed by atoms with Gasteiger partial charge in [-0.3, -0.25) is 4.79 Å². The van der Waals surface area contributed by atoms with Crippen molar-refractivity contribution in [2.24, 2.45) is 0 Å². The van der Waals surface area contributed by atoms with Crippen LogP contribution < -0.4 is 9.47 Å². The van der Waals surface area contributed by atoms with E-state index in [0.717, 1.165) is 5.56 Å². The van der Waals surface area contributed by atoms with Gasteiger partial charge in [0.05, 0.1) is 17.5 Å². The van der Waals surface area contributed by atoms with Gasteiger partial charge < -0.3 is 14.4 Å². The lowest BCUT2D eigenvalue weighted by Gasteiger charge is -2.21. The second-order valence-corrected chi connectivity index (χ2v) is 6.65. The molecule has 2 heterocycles. The maximum Gasteiger partial charge on any atom is 0.257 e. The SMILES string of the molecule is Cc1c(C(=O)N(C)Cc2ccc3c(c2)OCCO3)cnn1-c1ccccc1F. The average Bonchev–Trinajstić information content (AvgIpc) is 3.08. The molecule has 0 saturated heterocycles. The van der Waals surface area contributed by atoms with E-state index in [2.05, 4.69) is 5.10 Å². The molecule has 0 N–H and O–H groups in total. The van der Waals surface area contributed by atoms with Gasteiger partial charge in [-0.15, -0.1) is 0 Å². The smallest absolute Gasteiger partial charge is 0.257 e. The molecule has 1 amide bonds. The molecule has 4 rings (SSSR count). The number of carbonyl (C=O) groups excluding carboxylic acids is 1. The van der Waals surface area contributed by atoms with Gasteiger partial charge in [0.15, 0.2) is 11.5 Å². The Balaban J connectivity index is 1.54. The van der Waals surface area contributed by atoms with Gasteiger partial charge in [-0.1, -0.05) is 18.2 Å². The first-order valence-corrected chi connectivity index (χ1v) is 8.98. The molecule has 0 aliphatic carbocycles. The molecule has 28 heavy (non-hydrogen) atoms. The number of ether oxygens (including phenoxy) is 2. The highest BCUT2D eigenvalue weighted by Gasteiger charge is 2.20. The Bertz CT molecular complexity index is 1030. The van der Waals surface area contributed by atoms with E-state index < -0.39 is 5.82 Å². The third-order valence-corrected chi connectivity index (χ3v) is 4.69. The van der Waals surface area contributed by atoms with E-state index in [-0.39, 0.29) is 5.91 Å². The minimum atomic E-state index is -0.391. The molecule has 0 unspecified atom stereocenters. The molecule has 1 aliphatic rings. The Morgan fingerprint density at radius 2 is 1.93 bits per heavy atom. The Morgan fingerprint density at radius 3 is 2.71 bits per heavy atom. The highest BCUT2D eigenvalue weighted by molar-refractivity contribution is 5.95. The highest BCUT2D eigenvalue weighted by Crippen LogP contribution is 2.31. The van der Waals surface area contributed by atoms with Crippen molar-refractivity contribution in [3.05, 3.63) is 71.3 Å². The molecule has 0 fully saturated rings. The molecule has 0 atom stereocenters. The first-order chi connectivity index (χ1) is 13.5. The van der Waals surface area contributed by atoms with Crippen LogP contribution >= 0.6 is 0 Å². The van der Waals surface area contributed by atoms with Gasteiger partial charge in [0.1, 0.15) is 24.7 Å². The van der Waals surface area contributed by atoms with Crippen LogP contribution in [0.4, 0.5) is 4.39 Å². The molecule has 7 heteroatoms. The van der Waals surface area contributed by atoms with Crippen LogP contribution in [0.3, 0.4) is 0 Å². The van der Waals surface area contributed by atoms with E-state index in [4.69, 9.17) is 9.47 Å². The fourth-order valence-corrected chi connectivity index (χ4v) is 3.22. The molecule has 3 aromatic rings. The Hall–Kier alpha value is -3.35. The number of nitrogens with zero attached hydrogens (tertiary/aromatic N) is 3. The van der Waals surface area contributed by atoms with Gasteiger partial charge in [-0.05, 0) is 36.8 Å². The van der Waals surface area contributed by atoms with Gasteiger partial charge in [-0.25, -0.2) is 9.07 Å². The maximum absolute atomic E-state index is 14.1. The summed E-state index contributed by atoms with van der Waals surface area (Å²) in [5.41, 5.74) is 2.26. The molecule has 0 saturated carbocycles. The molecule has 0 bridgehead atoms. The number of benzene rings is 2. The van der Waals surface area contributed by atoms with Crippen LogP contribution in [0.25, 0.3) is 5.69 Å². The van der Waals surface area contributed by atoms with Crippen molar-refractivity contribution >= 4 is 5.91 Å². The average molecular weight is 381 g/mol. The standard InChI is InChI=1S/C21H20FN3O3/c1-14-16(12-23-25(14)18-6-4-3-5-17(18)22)21(26)24(2)13-15-7-8-19-20(11-15)28-10-9-27-19/h3-8,11-12H,9-10,13H2,1-2H3. The van der Waals surface area contributed by atoms with Crippen LogP contribution in [-0.2, 0) is 6.54 Å². The normalized spacial score (nSPS) is 12.7. The first-order valence-electron chi connectivity index (χ1n) is 8.98. The number of carbonyl (C=O) groups is 1. The van der Waals surface area contributed by atoms with Gasteiger partial charge in [-0.2, -0.15) is 5.10 Å². The maximum atomic E-state index is 14.1. The largest absolute Gasteiger partial charge is 0.486 e. The summed E-state index contributed by atoms with van der Waals surface area (Å²) in [7, 11) is 1.72.